The quantitative estimate of drug-likeness (QED) is 0.855. The highest BCUT2D eigenvalue weighted by Gasteiger charge is 2.31. The van der Waals surface area contributed by atoms with Gasteiger partial charge in [0.15, 0.2) is 0 Å². The molecule has 4 rings (SSSR count). The monoisotopic (exact) mass is 341 g/mol. The standard InChI is InChI=1S/C19H23N3O3/c23-19(18-16-8-1-2-9-17(16)21-25-18)22-11-5-7-15(12-22)24-13-14-6-3-4-10-20-14/h3-4,6,10,15H,1-2,5,7-9,11-13H2. The summed E-state index contributed by atoms with van der Waals surface area (Å²) < 4.78 is 11.4. The normalized spacial score (nSPS) is 20.3. The van der Waals surface area contributed by atoms with E-state index < -0.39 is 0 Å². The first kappa shape index (κ1) is 16.3. The lowest BCUT2D eigenvalue weighted by Gasteiger charge is -2.32. The molecule has 1 aliphatic carbocycles. The third-order valence-corrected chi connectivity index (χ3v) is 5.01. The van der Waals surface area contributed by atoms with Gasteiger partial charge in [-0.15, -0.1) is 0 Å². The molecule has 1 atom stereocenters. The van der Waals surface area contributed by atoms with Crippen molar-refractivity contribution in [3.05, 3.63) is 47.1 Å². The smallest absolute Gasteiger partial charge is 0.292 e. The maximum absolute atomic E-state index is 12.9. The van der Waals surface area contributed by atoms with E-state index in [0.29, 0.717) is 18.9 Å². The average Bonchev–Trinajstić information content (AvgIpc) is 3.11. The lowest BCUT2D eigenvalue weighted by molar-refractivity contribution is -0.00888. The highest BCUT2D eigenvalue weighted by Crippen LogP contribution is 2.26. The Morgan fingerprint density at radius 2 is 2.20 bits per heavy atom. The summed E-state index contributed by atoms with van der Waals surface area (Å²) in [7, 11) is 0. The van der Waals surface area contributed by atoms with Crippen LogP contribution in [0.15, 0.2) is 28.9 Å². The second-order valence-electron chi connectivity index (χ2n) is 6.79. The minimum Gasteiger partial charge on any atom is -0.370 e. The Morgan fingerprint density at radius 3 is 3.08 bits per heavy atom. The fourth-order valence-corrected chi connectivity index (χ4v) is 3.65. The zero-order chi connectivity index (χ0) is 17.1. The lowest BCUT2D eigenvalue weighted by Crippen LogP contribution is -2.43. The number of aromatic nitrogens is 2. The Balaban J connectivity index is 1.39. The highest BCUT2D eigenvalue weighted by molar-refractivity contribution is 5.93. The van der Waals surface area contributed by atoms with Crippen molar-refractivity contribution in [2.45, 2.75) is 51.2 Å². The summed E-state index contributed by atoms with van der Waals surface area (Å²) in [5.41, 5.74) is 2.90. The van der Waals surface area contributed by atoms with Crippen LogP contribution in [0.5, 0.6) is 0 Å². The largest absolute Gasteiger partial charge is 0.370 e. The van der Waals surface area contributed by atoms with E-state index in [1.54, 1.807) is 6.20 Å². The van der Waals surface area contributed by atoms with Crippen molar-refractivity contribution in [1.82, 2.24) is 15.0 Å². The first-order chi connectivity index (χ1) is 12.3. The second kappa shape index (κ2) is 7.35. The SMILES string of the molecule is O=C(c1onc2c1CCCC2)N1CCCC(OCc2ccccn2)C1. The Bertz CT molecular complexity index is 729. The van der Waals surface area contributed by atoms with Gasteiger partial charge in [0, 0.05) is 24.8 Å². The Labute approximate surface area is 147 Å². The molecule has 1 saturated heterocycles. The summed E-state index contributed by atoms with van der Waals surface area (Å²) >= 11 is 0. The van der Waals surface area contributed by atoms with Crippen LogP contribution in [-0.4, -0.2) is 40.1 Å². The summed E-state index contributed by atoms with van der Waals surface area (Å²) in [6.07, 6.45) is 7.75. The summed E-state index contributed by atoms with van der Waals surface area (Å²) in [4.78, 5) is 19.0. The van der Waals surface area contributed by atoms with Gasteiger partial charge in [0.2, 0.25) is 5.76 Å². The fraction of sp³-hybridized carbons (Fsp3) is 0.526. The van der Waals surface area contributed by atoms with Crippen LogP contribution >= 0.6 is 0 Å². The molecule has 0 bridgehead atoms. The topological polar surface area (TPSA) is 68.5 Å². The van der Waals surface area contributed by atoms with Gasteiger partial charge in [-0.2, -0.15) is 0 Å². The number of hydrogen-bond donors (Lipinski definition) is 0. The summed E-state index contributed by atoms with van der Waals surface area (Å²) in [6, 6.07) is 5.80. The lowest BCUT2D eigenvalue weighted by atomic mass is 9.95. The van der Waals surface area contributed by atoms with Crippen molar-refractivity contribution in [3.8, 4) is 0 Å². The number of likely N-dealkylation sites (tertiary alicyclic amines) is 1. The molecule has 2 aliphatic rings. The van der Waals surface area contributed by atoms with E-state index in [-0.39, 0.29) is 12.0 Å². The zero-order valence-corrected chi connectivity index (χ0v) is 14.3. The maximum atomic E-state index is 12.9. The van der Waals surface area contributed by atoms with E-state index in [9.17, 15) is 4.79 Å². The average molecular weight is 341 g/mol. The van der Waals surface area contributed by atoms with Crippen LogP contribution in [0.25, 0.3) is 0 Å². The van der Waals surface area contributed by atoms with Crippen LogP contribution in [0.1, 0.15) is 53.2 Å². The van der Waals surface area contributed by atoms with E-state index in [4.69, 9.17) is 9.26 Å². The molecule has 0 N–H and O–H groups in total. The van der Waals surface area contributed by atoms with Gasteiger partial charge in [-0.3, -0.25) is 9.78 Å². The molecule has 0 spiro atoms. The number of fused-ring (bicyclic) bond motifs is 1. The van der Waals surface area contributed by atoms with Crippen molar-refractivity contribution in [3.63, 3.8) is 0 Å². The molecule has 1 amide bonds. The summed E-state index contributed by atoms with van der Waals surface area (Å²) in [6.45, 7) is 1.82. The maximum Gasteiger partial charge on any atom is 0.292 e. The van der Waals surface area contributed by atoms with Crippen molar-refractivity contribution in [1.29, 1.82) is 0 Å². The Hall–Kier alpha value is -2.21. The Kier molecular flexibility index (Phi) is 4.78. The molecular formula is C19H23N3O3. The highest BCUT2D eigenvalue weighted by atomic mass is 16.5. The molecule has 25 heavy (non-hydrogen) atoms. The summed E-state index contributed by atoms with van der Waals surface area (Å²) in [5, 5.41) is 4.11. The first-order valence-corrected chi connectivity index (χ1v) is 9.09. The van der Waals surface area contributed by atoms with Gasteiger partial charge >= 0.3 is 0 Å². The number of pyridine rings is 1. The molecule has 132 valence electrons. The van der Waals surface area contributed by atoms with E-state index >= 15 is 0 Å². The third-order valence-electron chi connectivity index (χ3n) is 5.01. The second-order valence-corrected chi connectivity index (χ2v) is 6.79. The van der Waals surface area contributed by atoms with Crippen LogP contribution in [-0.2, 0) is 24.2 Å². The Morgan fingerprint density at radius 1 is 1.28 bits per heavy atom. The minimum absolute atomic E-state index is 0.0400. The van der Waals surface area contributed by atoms with E-state index in [1.165, 1.54) is 0 Å². The van der Waals surface area contributed by atoms with E-state index in [2.05, 4.69) is 10.1 Å². The number of hydrogen-bond acceptors (Lipinski definition) is 5. The van der Waals surface area contributed by atoms with Gasteiger partial charge in [0.05, 0.1) is 24.1 Å². The molecule has 1 aliphatic heterocycles. The van der Waals surface area contributed by atoms with Gasteiger partial charge in [-0.25, -0.2) is 0 Å². The number of rotatable bonds is 4. The van der Waals surface area contributed by atoms with Crippen LogP contribution in [0.4, 0.5) is 0 Å². The molecule has 6 nitrogen and oxygen atoms in total. The summed E-state index contributed by atoms with van der Waals surface area (Å²) in [5.74, 6) is 0.405. The molecule has 0 radical (unpaired) electrons. The number of carbonyl (C=O) groups is 1. The minimum atomic E-state index is -0.0400. The van der Waals surface area contributed by atoms with Crippen LogP contribution in [0.2, 0.25) is 0 Å². The molecule has 6 heteroatoms. The van der Waals surface area contributed by atoms with Crippen LogP contribution in [0.3, 0.4) is 0 Å². The number of aryl methyl sites for hydroxylation is 1. The third kappa shape index (κ3) is 3.58. The predicted octanol–water partition coefficient (Wildman–Crippen LogP) is 2.77. The van der Waals surface area contributed by atoms with Gasteiger partial charge in [-0.1, -0.05) is 11.2 Å². The van der Waals surface area contributed by atoms with Gasteiger partial charge in [-0.05, 0) is 50.7 Å². The molecule has 1 fully saturated rings. The molecule has 0 aromatic carbocycles. The number of carbonyl (C=O) groups excluding carboxylic acids is 1. The number of piperidine rings is 1. The zero-order valence-electron chi connectivity index (χ0n) is 14.3. The van der Waals surface area contributed by atoms with Crippen molar-refractivity contribution in [2.75, 3.05) is 13.1 Å². The fourth-order valence-electron chi connectivity index (χ4n) is 3.65. The van der Waals surface area contributed by atoms with E-state index in [1.807, 2.05) is 23.1 Å². The molecule has 3 heterocycles. The first-order valence-electron chi connectivity index (χ1n) is 9.09. The van der Waals surface area contributed by atoms with Crippen molar-refractivity contribution >= 4 is 5.91 Å². The van der Waals surface area contributed by atoms with Gasteiger partial charge in [0.25, 0.3) is 5.91 Å². The van der Waals surface area contributed by atoms with Gasteiger partial charge < -0.3 is 14.2 Å². The molecule has 0 saturated carbocycles. The number of nitrogens with zero attached hydrogens (tertiary/aromatic N) is 3. The number of ether oxygens (including phenoxy) is 1. The van der Waals surface area contributed by atoms with E-state index in [0.717, 1.165) is 62.0 Å². The van der Waals surface area contributed by atoms with Crippen LogP contribution < -0.4 is 0 Å². The molecular weight excluding hydrogens is 318 g/mol. The predicted molar refractivity (Wildman–Crippen MR) is 91.1 cm³/mol. The van der Waals surface area contributed by atoms with Crippen molar-refractivity contribution < 1.29 is 14.1 Å². The van der Waals surface area contributed by atoms with Crippen molar-refractivity contribution in [2.24, 2.45) is 0 Å². The van der Waals surface area contributed by atoms with Crippen LogP contribution in [0, 0.1) is 0 Å². The molecule has 2 aromatic rings. The molecule has 2 aromatic heterocycles. The number of amides is 1. The molecule has 1 unspecified atom stereocenters. The van der Waals surface area contributed by atoms with Gasteiger partial charge in [0.1, 0.15) is 0 Å².